The summed E-state index contributed by atoms with van der Waals surface area (Å²) >= 11 is 0. The zero-order valence-electron chi connectivity index (χ0n) is 10.5. The SMILES string of the molecule is Cc1ccc2oc(C3NCC4CCCC43)nc2n1. The molecule has 0 bridgehead atoms. The van der Waals surface area contributed by atoms with Crippen LogP contribution in [0.25, 0.3) is 11.2 Å². The molecule has 1 aliphatic heterocycles. The Hall–Kier alpha value is -1.42. The molecule has 3 heterocycles. The summed E-state index contributed by atoms with van der Waals surface area (Å²) in [7, 11) is 0. The Morgan fingerprint density at radius 3 is 3.17 bits per heavy atom. The minimum Gasteiger partial charge on any atom is -0.437 e. The molecule has 4 heteroatoms. The topological polar surface area (TPSA) is 51.0 Å². The van der Waals surface area contributed by atoms with Crippen molar-refractivity contribution in [3.63, 3.8) is 0 Å². The van der Waals surface area contributed by atoms with Gasteiger partial charge >= 0.3 is 0 Å². The van der Waals surface area contributed by atoms with E-state index in [0.717, 1.165) is 35.3 Å². The van der Waals surface area contributed by atoms with Crippen LogP contribution in [0.2, 0.25) is 0 Å². The van der Waals surface area contributed by atoms with Crippen molar-refractivity contribution in [1.82, 2.24) is 15.3 Å². The van der Waals surface area contributed by atoms with Crippen molar-refractivity contribution in [1.29, 1.82) is 0 Å². The van der Waals surface area contributed by atoms with E-state index in [1.54, 1.807) is 0 Å². The first-order valence-corrected chi connectivity index (χ1v) is 6.79. The van der Waals surface area contributed by atoms with Gasteiger partial charge in [-0.2, -0.15) is 4.98 Å². The molecule has 1 saturated carbocycles. The molecule has 2 aromatic heterocycles. The highest BCUT2D eigenvalue weighted by Crippen LogP contribution is 2.44. The Balaban J connectivity index is 1.74. The zero-order chi connectivity index (χ0) is 12.1. The largest absolute Gasteiger partial charge is 0.437 e. The molecule has 4 nitrogen and oxygen atoms in total. The molecule has 1 aliphatic carbocycles. The second kappa shape index (κ2) is 3.79. The molecule has 1 saturated heterocycles. The Kier molecular flexibility index (Phi) is 2.21. The van der Waals surface area contributed by atoms with Gasteiger partial charge in [-0.15, -0.1) is 0 Å². The Bertz CT molecular complexity index is 592. The van der Waals surface area contributed by atoms with Crippen LogP contribution in [0.15, 0.2) is 16.5 Å². The molecule has 2 aliphatic rings. The average Bonchev–Trinajstić information content (AvgIpc) is 3.00. The van der Waals surface area contributed by atoms with Crippen LogP contribution in [0, 0.1) is 18.8 Å². The monoisotopic (exact) mass is 243 g/mol. The molecule has 2 aromatic rings. The van der Waals surface area contributed by atoms with E-state index in [-0.39, 0.29) is 0 Å². The maximum absolute atomic E-state index is 5.88. The smallest absolute Gasteiger partial charge is 0.214 e. The summed E-state index contributed by atoms with van der Waals surface area (Å²) in [6, 6.07) is 4.24. The number of hydrogen-bond acceptors (Lipinski definition) is 4. The van der Waals surface area contributed by atoms with E-state index in [9.17, 15) is 0 Å². The number of pyridine rings is 1. The Morgan fingerprint density at radius 2 is 2.22 bits per heavy atom. The van der Waals surface area contributed by atoms with E-state index in [2.05, 4.69) is 15.3 Å². The third kappa shape index (κ3) is 1.48. The number of fused-ring (bicyclic) bond motifs is 2. The highest BCUT2D eigenvalue weighted by atomic mass is 16.4. The summed E-state index contributed by atoms with van der Waals surface area (Å²) in [4.78, 5) is 9.00. The molecule has 3 atom stereocenters. The number of rotatable bonds is 1. The number of aryl methyl sites for hydroxylation is 1. The second-order valence-corrected chi connectivity index (χ2v) is 5.57. The summed E-state index contributed by atoms with van der Waals surface area (Å²) in [5.74, 6) is 2.36. The molecule has 94 valence electrons. The first kappa shape index (κ1) is 10.5. The fourth-order valence-corrected chi connectivity index (χ4v) is 3.52. The molecule has 1 N–H and O–H groups in total. The molecule has 2 fully saturated rings. The third-order valence-electron chi connectivity index (χ3n) is 4.42. The van der Waals surface area contributed by atoms with Gasteiger partial charge in [0.2, 0.25) is 5.89 Å². The van der Waals surface area contributed by atoms with Crippen LogP contribution >= 0.6 is 0 Å². The van der Waals surface area contributed by atoms with Crippen molar-refractivity contribution < 1.29 is 4.42 Å². The van der Waals surface area contributed by atoms with Crippen LogP contribution < -0.4 is 5.32 Å². The molecule has 0 aromatic carbocycles. The van der Waals surface area contributed by atoms with E-state index < -0.39 is 0 Å². The van der Waals surface area contributed by atoms with E-state index in [0.29, 0.717) is 12.0 Å². The van der Waals surface area contributed by atoms with E-state index >= 15 is 0 Å². The first-order valence-electron chi connectivity index (χ1n) is 6.79. The van der Waals surface area contributed by atoms with Gasteiger partial charge in [-0.3, -0.25) is 0 Å². The predicted molar refractivity (Wildman–Crippen MR) is 68.1 cm³/mol. The van der Waals surface area contributed by atoms with Gasteiger partial charge in [-0.05, 0) is 50.3 Å². The normalized spacial score (nSPS) is 31.1. The summed E-state index contributed by atoms with van der Waals surface area (Å²) in [6.07, 6.45) is 4.00. The molecule has 0 spiro atoms. The van der Waals surface area contributed by atoms with Gasteiger partial charge in [0.25, 0.3) is 0 Å². The van der Waals surface area contributed by atoms with Crippen LogP contribution in [0.5, 0.6) is 0 Å². The lowest BCUT2D eigenvalue weighted by Crippen LogP contribution is -2.17. The van der Waals surface area contributed by atoms with Crippen LogP contribution in [-0.4, -0.2) is 16.5 Å². The Labute approximate surface area is 106 Å². The second-order valence-electron chi connectivity index (χ2n) is 5.57. The van der Waals surface area contributed by atoms with Crippen LogP contribution in [0.3, 0.4) is 0 Å². The van der Waals surface area contributed by atoms with Gasteiger partial charge in [0.15, 0.2) is 11.2 Å². The maximum Gasteiger partial charge on any atom is 0.214 e. The van der Waals surface area contributed by atoms with Gasteiger partial charge in [-0.25, -0.2) is 4.98 Å². The van der Waals surface area contributed by atoms with Crippen LogP contribution in [-0.2, 0) is 0 Å². The lowest BCUT2D eigenvalue weighted by Gasteiger charge is -2.13. The molecule has 0 radical (unpaired) electrons. The van der Waals surface area contributed by atoms with Crippen molar-refractivity contribution >= 4 is 11.2 Å². The minimum absolute atomic E-state index is 0.298. The molecule has 3 unspecified atom stereocenters. The van der Waals surface area contributed by atoms with Crippen molar-refractivity contribution in [2.75, 3.05) is 6.54 Å². The van der Waals surface area contributed by atoms with Gasteiger partial charge in [0.1, 0.15) is 0 Å². The molecule has 18 heavy (non-hydrogen) atoms. The van der Waals surface area contributed by atoms with Crippen LogP contribution in [0.4, 0.5) is 0 Å². The minimum atomic E-state index is 0.298. The van der Waals surface area contributed by atoms with Gasteiger partial charge < -0.3 is 9.73 Å². The molecular weight excluding hydrogens is 226 g/mol. The summed E-state index contributed by atoms with van der Waals surface area (Å²) < 4.78 is 5.88. The summed E-state index contributed by atoms with van der Waals surface area (Å²) in [5, 5.41) is 3.57. The highest BCUT2D eigenvalue weighted by Gasteiger charge is 2.41. The fraction of sp³-hybridized carbons (Fsp3) is 0.571. The standard InChI is InChI=1S/C14H17N3O/c1-8-5-6-11-13(16-8)17-14(18-11)12-10-4-2-3-9(10)7-15-12/h5-6,9-10,12,15H,2-4,7H2,1H3. The average molecular weight is 243 g/mol. The van der Waals surface area contributed by atoms with Crippen molar-refractivity contribution in [3.05, 3.63) is 23.7 Å². The molecule has 0 amide bonds. The number of oxazole rings is 1. The number of nitrogens with zero attached hydrogens (tertiary/aromatic N) is 2. The quantitative estimate of drug-likeness (QED) is 0.836. The highest BCUT2D eigenvalue weighted by molar-refractivity contribution is 5.67. The molecule has 4 rings (SSSR count). The van der Waals surface area contributed by atoms with Crippen molar-refractivity contribution in [2.24, 2.45) is 11.8 Å². The number of nitrogens with one attached hydrogen (secondary N) is 1. The van der Waals surface area contributed by atoms with E-state index in [1.165, 1.54) is 19.3 Å². The third-order valence-corrected chi connectivity index (χ3v) is 4.42. The number of hydrogen-bond donors (Lipinski definition) is 1. The molecular formula is C14H17N3O. The maximum atomic E-state index is 5.88. The number of aromatic nitrogens is 2. The summed E-state index contributed by atoms with van der Waals surface area (Å²) in [5.41, 5.74) is 2.53. The van der Waals surface area contributed by atoms with Gasteiger partial charge in [-0.1, -0.05) is 6.42 Å². The van der Waals surface area contributed by atoms with Crippen molar-refractivity contribution in [3.8, 4) is 0 Å². The van der Waals surface area contributed by atoms with Gasteiger partial charge in [0, 0.05) is 5.69 Å². The lowest BCUT2D eigenvalue weighted by molar-refractivity contribution is 0.356. The first-order chi connectivity index (χ1) is 8.81. The van der Waals surface area contributed by atoms with E-state index in [4.69, 9.17) is 4.42 Å². The lowest BCUT2D eigenvalue weighted by atomic mass is 9.94. The fourth-order valence-electron chi connectivity index (χ4n) is 3.52. The van der Waals surface area contributed by atoms with E-state index in [1.807, 2.05) is 19.1 Å². The predicted octanol–water partition coefficient (Wildman–Crippen LogP) is 2.59. The van der Waals surface area contributed by atoms with Gasteiger partial charge in [0.05, 0.1) is 6.04 Å². The zero-order valence-corrected chi connectivity index (χ0v) is 10.5. The summed E-state index contributed by atoms with van der Waals surface area (Å²) in [6.45, 7) is 3.09. The van der Waals surface area contributed by atoms with Crippen molar-refractivity contribution in [2.45, 2.75) is 32.2 Å². The van der Waals surface area contributed by atoms with Crippen LogP contribution in [0.1, 0.15) is 36.9 Å². The Morgan fingerprint density at radius 1 is 1.28 bits per heavy atom.